The lowest BCUT2D eigenvalue weighted by molar-refractivity contribution is 0.556. The quantitative estimate of drug-likeness (QED) is 0.775. The molecule has 0 saturated heterocycles. The van der Waals surface area contributed by atoms with Crippen LogP contribution in [0.5, 0.6) is 0 Å². The lowest BCUT2D eigenvalue weighted by atomic mass is 10.3. The van der Waals surface area contributed by atoms with Crippen LogP contribution in [-0.4, -0.2) is 17.7 Å². The third kappa shape index (κ3) is 2.11. The summed E-state index contributed by atoms with van der Waals surface area (Å²) in [5, 5.41) is 1.69. The highest BCUT2D eigenvalue weighted by molar-refractivity contribution is 8.15. The molecule has 1 saturated carbocycles. The normalized spacial score (nSPS) is 19.0. The summed E-state index contributed by atoms with van der Waals surface area (Å²) < 4.78 is 23.2. The summed E-state index contributed by atoms with van der Waals surface area (Å²) in [6.07, 6.45) is 3.31. The van der Waals surface area contributed by atoms with E-state index in [1.54, 1.807) is 11.6 Å². The second kappa shape index (κ2) is 3.61. The largest absolute Gasteiger partial charge is 0.307 e. The molecule has 0 unspecified atom stereocenters. The fourth-order valence-corrected chi connectivity index (χ4v) is 3.77. The van der Waals surface area contributed by atoms with Crippen LogP contribution in [0.15, 0.2) is 16.4 Å². The van der Waals surface area contributed by atoms with E-state index in [1.165, 1.54) is 4.57 Å². The molecule has 1 aromatic heterocycles. The van der Waals surface area contributed by atoms with Gasteiger partial charge >= 0.3 is 4.87 Å². The summed E-state index contributed by atoms with van der Waals surface area (Å²) >= 11 is 1.11. The summed E-state index contributed by atoms with van der Waals surface area (Å²) in [5.41, 5.74) is 0. The summed E-state index contributed by atoms with van der Waals surface area (Å²) in [4.78, 5) is 11.1. The van der Waals surface area contributed by atoms with E-state index in [2.05, 4.69) is 0 Å². The number of hydrogen-bond acceptors (Lipinski definition) is 4. The molecule has 1 heterocycles. The Labute approximate surface area is 95.9 Å². The van der Waals surface area contributed by atoms with Crippen molar-refractivity contribution in [3.05, 3.63) is 21.2 Å². The number of hydrogen-bond donors (Lipinski definition) is 0. The molecule has 0 bridgehead atoms. The Balaban J connectivity index is 2.07. The third-order valence-corrected chi connectivity index (χ3v) is 6.10. The van der Waals surface area contributed by atoms with Gasteiger partial charge in [-0.1, -0.05) is 11.3 Å². The number of rotatable bonds is 4. The first-order chi connectivity index (χ1) is 6.95. The summed E-state index contributed by atoms with van der Waals surface area (Å²) in [5.74, 6) is 0. The van der Waals surface area contributed by atoms with Crippen LogP contribution in [0, 0.1) is 0 Å². The van der Waals surface area contributed by atoms with Crippen molar-refractivity contribution >= 4 is 31.1 Å². The molecule has 0 aliphatic heterocycles. The van der Waals surface area contributed by atoms with E-state index in [-0.39, 0.29) is 4.87 Å². The minimum Gasteiger partial charge on any atom is -0.306 e. The fourth-order valence-electron chi connectivity index (χ4n) is 1.54. The minimum atomic E-state index is -3.50. The van der Waals surface area contributed by atoms with E-state index in [0.29, 0.717) is 25.8 Å². The molecule has 1 aliphatic carbocycles. The topological polar surface area (TPSA) is 56.1 Å². The molecule has 0 amide bonds. The van der Waals surface area contributed by atoms with Crippen molar-refractivity contribution < 1.29 is 8.42 Å². The maximum atomic E-state index is 11.2. The Kier molecular flexibility index (Phi) is 2.68. The van der Waals surface area contributed by atoms with Crippen molar-refractivity contribution in [3.8, 4) is 0 Å². The molecule has 15 heavy (non-hydrogen) atoms. The Bertz CT molecular complexity index is 512. The van der Waals surface area contributed by atoms with E-state index in [1.807, 2.05) is 0 Å². The van der Waals surface area contributed by atoms with Crippen LogP contribution in [0.4, 0.5) is 0 Å². The molecule has 1 fully saturated rings. The predicted molar refractivity (Wildman–Crippen MR) is 59.9 cm³/mol. The lowest BCUT2D eigenvalue weighted by Crippen LogP contribution is -2.22. The average molecular weight is 268 g/mol. The van der Waals surface area contributed by atoms with Gasteiger partial charge in [0.15, 0.2) is 0 Å². The van der Waals surface area contributed by atoms with Crippen molar-refractivity contribution in [2.24, 2.45) is 0 Å². The number of aryl methyl sites for hydroxylation is 1. The zero-order valence-corrected chi connectivity index (χ0v) is 10.2. The lowest BCUT2D eigenvalue weighted by Gasteiger charge is -2.10. The van der Waals surface area contributed by atoms with Crippen LogP contribution >= 0.6 is 22.0 Å². The number of aromatic nitrogens is 1. The molecule has 1 aliphatic rings. The van der Waals surface area contributed by atoms with Crippen LogP contribution in [-0.2, 0) is 15.6 Å². The molecule has 2 rings (SSSR count). The zero-order chi connectivity index (χ0) is 11.1. The summed E-state index contributed by atoms with van der Waals surface area (Å²) in [6.45, 7) is 0.425. The molecular weight excluding hydrogens is 258 g/mol. The van der Waals surface area contributed by atoms with Crippen molar-refractivity contribution in [1.29, 1.82) is 0 Å². The number of thiazole rings is 1. The second-order valence-corrected chi connectivity index (χ2v) is 7.55. The first-order valence-corrected chi connectivity index (χ1v) is 7.72. The number of nitrogens with zero attached hydrogens (tertiary/aromatic N) is 1. The molecule has 84 valence electrons. The minimum absolute atomic E-state index is 0.0576. The first kappa shape index (κ1) is 11.2. The van der Waals surface area contributed by atoms with Crippen LogP contribution < -0.4 is 4.87 Å². The molecule has 0 aromatic carbocycles. The SMILES string of the molecule is O=c1sccn1CCC1(S(=O)(=O)Cl)CC1. The Morgan fingerprint density at radius 1 is 1.53 bits per heavy atom. The highest BCUT2D eigenvalue weighted by Crippen LogP contribution is 2.48. The van der Waals surface area contributed by atoms with Gasteiger partial charge in [0.25, 0.3) is 0 Å². The van der Waals surface area contributed by atoms with Gasteiger partial charge in [0, 0.05) is 28.8 Å². The average Bonchev–Trinajstić information content (AvgIpc) is 2.82. The van der Waals surface area contributed by atoms with Crippen LogP contribution in [0.1, 0.15) is 19.3 Å². The van der Waals surface area contributed by atoms with Crippen molar-refractivity contribution in [1.82, 2.24) is 4.57 Å². The van der Waals surface area contributed by atoms with E-state index >= 15 is 0 Å². The molecule has 0 radical (unpaired) electrons. The molecule has 0 spiro atoms. The Morgan fingerprint density at radius 2 is 2.20 bits per heavy atom. The van der Waals surface area contributed by atoms with Gasteiger partial charge in [-0.2, -0.15) is 0 Å². The molecule has 1 aromatic rings. The molecular formula is C8H10ClNO3S2. The van der Waals surface area contributed by atoms with E-state index in [4.69, 9.17) is 10.7 Å². The highest BCUT2D eigenvalue weighted by atomic mass is 35.7. The summed E-state index contributed by atoms with van der Waals surface area (Å²) in [6, 6.07) is 0. The molecule has 0 atom stereocenters. The monoisotopic (exact) mass is 267 g/mol. The van der Waals surface area contributed by atoms with Gasteiger partial charge in [0.1, 0.15) is 0 Å². The number of halogens is 1. The van der Waals surface area contributed by atoms with Gasteiger partial charge in [0.05, 0.1) is 4.75 Å². The van der Waals surface area contributed by atoms with Crippen molar-refractivity contribution in [2.45, 2.75) is 30.6 Å². The smallest absolute Gasteiger partial charge is 0.306 e. The molecule has 4 nitrogen and oxygen atoms in total. The van der Waals surface area contributed by atoms with Crippen molar-refractivity contribution in [2.75, 3.05) is 0 Å². The summed E-state index contributed by atoms with van der Waals surface area (Å²) in [7, 11) is 1.86. The van der Waals surface area contributed by atoms with E-state index in [0.717, 1.165) is 11.3 Å². The van der Waals surface area contributed by atoms with Crippen LogP contribution in [0.3, 0.4) is 0 Å². The third-order valence-electron chi connectivity index (χ3n) is 2.78. The zero-order valence-electron chi connectivity index (χ0n) is 7.85. The van der Waals surface area contributed by atoms with Gasteiger partial charge in [0.2, 0.25) is 9.05 Å². The molecule has 7 heteroatoms. The van der Waals surface area contributed by atoms with Gasteiger partial charge in [-0.15, -0.1) is 0 Å². The van der Waals surface area contributed by atoms with Gasteiger partial charge in [-0.3, -0.25) is 4.79 Å². The van der Waals surface area contributed by atoms with E-state index < -0.39 is 13.8 Å². The molecule has 0 N–H and O–H groups in total. The standard InChI is InChI=1S/C8H10ClNO3S2/c9-15(12,13)8(1-2-8)3-4-10-5-6-14-7(10)11/h5-6H,1-4H2. The Morgan fingerprint density at radius 3 is 2.60 bits per heavy atom. The highest BCUT2D eigenvalue weighted by Gasteiger charge is 2.53. The van der Waals surface area contributed by atoms with Crippen LogP contribution in [0.25, 0.3) is 0 Å². The maximum Gasteiger partial charge on any atom is 0.307 e. The van der Waals surface area contributed by atoms with E-state index in [9.17, 15) is 13.2 Å². The van der Waals surface area contributed by atoms with Crippen LogP contribution in [0.2, 0.25) is 0 Å². The van der Waals surface area contributed by atoms with Crippen molar-refractivity contribution in [3.63, 3.8) is 0 Å². The fraction of sp³-hybridized carbons (Fsp3) is 0.625. The first-order valence-electron chi connectivity index (χ1n) is 4.53. The van der Waals surface area contributed by atoms with Gasteiger partial charge in [-0.25, -0.2) is 8.42 Å². The van der Waals surface area contributed by atoms with Gasteiger partial charge < -0.3 is 4.57 Å². The Hall–Kier alpha value is -0.330. The van der Waals surface area contributed by atoms with Gasteiger partial charge in [-0.05, 0) is 19.3 Å². The predicted octanol–water partition coefficient (Wildman–Crippen LogP) is 1.40. The second-order valence-electron chi connectivity index (χ2n) is 3.73. The maximum absolute atomic E-state index is 11.2.